The molecule has 4 nitrogen and oxygen atoms in total. The summed E-state index contributed by atoms with van der Waals surface area (Å²) >= 11 is 0. The van der Waals surface area contributed by atoms with Crippen molar-refractivity contribution in [3.05, 3.63) is 47.4 Å². The van der Waals surface area contributed by atoms with Gasteiger partial charge in [-0.05, 0) is 30.5 Å². The normalized spacial score (nSPS) is 18.4. The lowest BCUT2D eigenvalue weighted by atomic mass is 9.91. The minimum Gasteiger partial charge on any atom is -0.337 e. The van der Waals surface area contributed by atoms with E-state index < -0.39 is 5.54 Å². The highest BCUT2D eigenvalue weighted by atomic mass is 19.1. The van der Waals surface area contributed by atoms with Gasteiger partial charge in [0.1, 0.15) is 5.82 Å². The molecular formula is C16H20FN3O. The van der Waals surface area contributed by atoms with E-state index in [9.17, 15) is 4.39 Å². The molecule has 0 spiro atoms. The van der Waals surface area contributed by atoms with Gasteiger partial charge in [0.05, 0.1) is 5.54 Å². The Kier molecular flexibility index (Phi) is 4.01. The first-order valence-electron chi connectivity index (χ1n) is 7.52. The lowest BCUT2D eigenvalue weighted by Crippen LogP contribution is -2.36. The molecule has 0 unspecified atom stereocenters. The third-order valence-electron chi connectivity index (χ3n) is 4.14. The molecule has 5 heteroatoms. The fraction of sp³-hybridized carbons (Fsp3) is 0.500. The first-order chi connectivity index (χ1) is 10.2. The molecule has 0 radical (unpaired) electrons. The number of nitrogens with zero attached hydrogens (tertiary/aromatic N) is 2. The lowest BCUT2D eigenvalue weighted by Gasteiger charge is -2.22. The Bertz CT molecular complexity index is 603. The number of nitrogens with two attached hydrogens (primary N) is 1. The van der Waals surface area contributed by atoms with Gasteiger partial charge in [0.2, 0.25) is 5.89 Å². The highest BCUT2D eigenvalue weighted by Gasteiger charge is 2.34. The molecule has 1 saturated carbocycles. The number of halogens is 1. The largest absolute Gasteiger partial charge is 0.337 e. The number of aromatic nitrogens is 2. The fourth-order valence-electron chi connectivity index (χ4n) is 2.93. The molecule has 1 heterocycles. The minimum atomic E-state index is -0.496. The van der Waals surface area contributed by atoms with Crippen LogP contribution < -0.4 is 5.73 Å². The summed E-state index contributed by atoms with van der Waals surface area (Å²) in [6.07, 6.45) is 6.84. The molecule has 1 aromatic carbocycles. The van der Waals surface area contributed by atoms with Gasteiger partial charge in [0.25, 0.3) is 0 Å². The Balaban J connectivity index is 1.76. The van der Waals surface area contributed by atoms with Crippen molar-refractivity contribution in [2.45, 2.75) is 50.5 Å². The summed E-state index contributed by atoms with van der Waals surface area (Å²) in [7, 11) is 0. The maximum absolute atomic E-state index is 13.2. The number of hydrogen-bond donors (Lipinski definition) is 1. The average molecular weight is 289 g/mol. The van der Waals surface area contributed by atoms with E-state index in [4.69, 9.17) is 10.3 Å². The molecule has 0 aliphatic heterocycles. The van der Waals surface area contributed by atoms with E-state index in [0.717, 1.165) is 31.2 Å². The van der Waals surface area contributed by atoms with Gasteiger partial charge in [-0.2, -0.15) is 4.98 Å². The summed E-state index contributed by atoms with van der Waals surface area (Å²) in [6.45, 7) is 0. The minimum absolute atomic E-state index is 0.254. The number of hydrogen-bond acceptors (Lipinski definition) is 4. The van der Waals surface area contributed by atoms with E-state index in [1.165, 1.54) is 25.0 Å². The van der Waals surface area contributed by atoms with E-state index in [0.29, 0.717) is 18.1 Å². The molecule has 21 heavy (non-hydrogen) atoms. The van der Waals surface area contributed by atoms with Gasteiger partial charge in [-0.3, -0.25) is 0 Å². The number of benzene rings is 1. The summed E-state index contributed by atoms with van der Waals surface area (Å²) in [5.41, 5.74) is 6.79. The van der Waals surface area contributed by atoms with E-state index in [2.05, 4.69) is 10.1 Å². The van der Waals surface area contributed by atoms with Crippen LogP contribution in [-0.2, 0) is 12.0 Å². The van der Waals surface area contributed by atoms with Gasteiger partial charge >= 0.3 is 0 Å². The third kappa shape index (κ3) is 3.29. The second-order valence-corrected chi connectivity index (χ2v) is 5.89. The predicted octanol–water partition coefficient (Wildman–Crippen LogP) is 3.31. The van der Waals surface area contributed by atoms with Crippen molar-refractivity contribution >= 4 is 0 Å². The zero-order chi connectivity index (χ0) is 14.7. The van der Waals surface area contributed by atoms with Crippen molar-refractivity contribution in [1.29, 1.82) is 0 Å². The van der Waals surface area contributed by atoms with Gasteiger partial charge in [0, 0.05) is 6.42 Å². The molecular weight excluding hydrogens is 269 g/mol. The van der Waals surface area contributed by atoms with Crippen molar-refractivity contribution in [3.63, 3.8) is 0 Å². The zero-order valence-corrected chi connectivity index (χ0v) is 12.0. The summed E-state index contributed by atoms with van der Waals surface area (Å²) in [5, 5.41) is 4.00. The van der Waals surface area contributed by atoms with Crippen LogP contribution in [0, 0.1) is 5.82 Å². The molecule has 2 aromatic rings. The van der Waals surface area contributed by atoms with Crippen LogP contribution in [-0.4, -0.2) is 10.1 Å². The topological polar surface area (TPSA) is 64.9 Å². The Morgan fingerprint density at radius 3 is 2.67 bits per heavy atom. The maximum atomic E-state index is 13.2. The van der Waals surface area contributed by atoms with E-state index in [1.54, 1.807) is 6.07 Å². The van der Waals surface area contributed by atoms with Crippen molar-refractivity contribution in [3.8, 4) is 0 Å². The summed E-state index contributed by atoms with van der Waals surface area (Å²) in [6, 6.07) is 6.44. The van der Waals surface area contributed by atoms with E-state index in [-0.39, 0.29) is 5.82 Å². The van der Waals surface area contributed by atoms with Crippen LogP contribution in [0.2, 0.25) is 0 Å². The lowest BCUT2D eigenvalue weighted by molar-refractivity contribution is 0.256. The quantitative estimate of drug-likeness (QED) is 0.880. The van der Waals surface area contributed by atoms with Gasteiger partial charge in [-0.25, -0.2) is 4.39 Å². The van der Waals surface area contributed by atoms with Crippen LogP contribution in [0.25, 0.3) is 0 Å². The first-order valence-corrected chi connectivity index (χ1v) is 7.52. The highest BCUT2D eigenvalue weighted by Crippen LogP contribution is 2.32. The second-order valence-electron chi connectivity index (χ2n) is 5.89. The Morgan fingerprint density at radius 1 is 1.19 bits per heavy atom. The molecule has 1 aliphatic carbocycles. The van der Waals surface area contributed by atoms with Crippen LogP contribution in [0.15, 0.2) is 28.8 Å². The molecule has 0 atom stereocenters. The molecule has 1 aromatic heterocycles. The molecule has 1 aliphatic rings. The van der Waals surface area contributed by atoms with Crippen molar-refractivity contribution in [2.75, 3.05) is 0 Å². The highest BCUT2D eigenvalue weighted by molar-refractivity contribution is 5.20. The number of rotatable bonds is 3. The van der Waals surface area contributed by atoms with Gasteiger partial charge in [-0.1, -0.05) is 43.0 Å². The van der Waals surface area contributed by atoms with Crippen molar-refractivity contribution < 1.29 is 8.91 Å². The second kappa shape index (κ2) is 5.93. The Labute approximate surface area is 123 Å². The molecule has 0 bridgehead atoms. The van der Waals surface area contributed by atoms with Crippen molar-refractivity contribution in [1.82, 2.24) is 10.1 Å². The Morgan fingerprint density at radius 2 is 1.95 bits per heavy atom. The van der Waals surface area contributed by atoms with Crippen LogP contribution in [0.5, 0.6) is 0 Å². The average Bonchev–Trinajstić information content (AvgIpc) is 2.81. The van der Waals surface area contributed by atoms with Crippen LogP contribution in [0.3, 0.4) is 0 Å². The van der Waals surface area contributed by atoms with Crippen LogP contribution in [0.1, 0.15) is 55.8 Å². The third-order valence-corrected chi connectivity index (χ3v) is 4.14. The summed E-state index contributed by atoms with van der Waals surface area (Å²) in [5.74, 6) is 0.829. The summed E-state index contributed by atoms with van der Waals surface area (Å²) < 4.78 is 18.6. The van der Waals surface area contributed by atoms with E-state index >= 15 is 0 Å². The molecule has 0 amide bonds. The molecule has 3 rings (SSSR count). The molecule has 1 fully saturated rings. The van der Waals surface area contributed by atoms with Crippen molar-refractivity contribution in [2.24, 2.45) is 5.73 Å². The molecule has 2 N–H and O–H groups in total. The van der Waals surface area contributed by atoms with Crippen LogP contribution >= 0.6 is 0 Å². The van der Waals surface area contributed by atoms with Gasteiger partial charge in [-0.15, -0.1) is 0 Å². The predicted molar refractivity (Wildman–Crippen MR) is 77.1 cm³/mol. The first kappa shape index (κ1) is 14.2. The Hall–Kier alpha value is -1.75. The molecule has 0 saturated heterocycles. The smallest absolute Gasteiger partial charge is 0.246 e. The van der Waals surface area contributed by atoms with Gasteiger partial charge < -0.3 is 10.3 Å². The zero-order valence-electron chi connectivity index (χ0n) is 12.0. The fourth-order valence-corrected chi connectivity index (χ4v) is 2.93. The monoisotopic (exact) mass is 289 g/mol. The SMILES string of the molecule is NC1(c2nc(Cc3cccc(F)c3)no2)CCCCCC1. The maximum Gasteiger partial charge on any atom is 0.246 e. The standard InChI is InChI=1S/C16H20FN3O/c17-13-7-5-6-12(10-13)11-14-19-15(21-20-14)16(18)8-3-1-2-4-9-16/h5-7,10H,1-4,8-9,11,18H2. The van der Waals surface area contributed by atoms with E-state index in [1.807, 2.05) is 6.07 Å². The van der Waals surface area contributed by atoms with Gasteiger partial charge in [0.15, 0.2) is 5.82 Å². The van der Waals surface area contributed by atoms with Crippen LogP contribution in [0.4, 0.5) is 4.39 Å². The molecule has 112 valence electrons. The summed E-state index contributed by atoms with van der Waals surface area (Å²) in [4.78, 5) is 4.45.